The molecule has 0 aliphatic carbocycles. The number of aliphatic carboxylic acids is 1. The van der Waals surface area contributed by atoms with Crippen LogP contribution < -0.4 is 31.9 Å². The van der Waals surface area contributed by atoms with Crippen molar-refractivity contribution < 1.29 is 281 Å². The lowest BCUT2D eigenvalue weighted by Crippen LogP contribution is -2.71. The van der Waals surface area contributed by atoms with Gasteiger partial charge in [0.15, 0.2) is 75.3 Å². The number of carboxylic acids is 1. The molecule has 11 saturated heterocycles. The van der Waals surface area contributed by atoms with Crippen molar-refractivity contribution in [2.75, 3.05) is 66.1 Å². The maximum Gasteiger partial charge on any atom is 0.335 e. The molecule has 0 unspecified atom stereocenters. The third-order valence-electron chi connectivity index (χ3n) is 25.3. The lowest BCUT2D eigenvalue weighted by atomic mass is 9.93. The summed E-state index contributed by atoms with van der Waals surface area (Å²) in [7, 11) is 0. The summed E-state index contributed by atoms with van der Waals surface area (Å²) in [5.41, 5.74) is 0. The Labute approximate surface area is 797 Å². The van der Waals surface area contributed by atoms with Crippen LogP contribution in [0.3, 0.4) is 0 Å². The van der Waals surface area contributed by atoms with Crippen LogP contribution in [0, 0.1) is 0 Å². The van der Waals surface area contributed by atoms with E-state index in [0.717, 1.165) is 41.5 Å². The van der Waals surface area contributed by atoms with Gasteiger partial charge in [-0.1, -0.05) is 0 Å². The number of aliphatic hydroxyl groups excluding tert-OH is 28. The monoisotopic (exact) mass is 2060 g/mol. The van der Waals surface area contributed by atoms with E-state index in [1.165, 1.54) is 0 Å². The third kappa shape index (κ3) is 26.1. The van der Waals surface area contributed by atoms with Gasteiger partial charge in [-0.05, 0) is 0 Å². The highest BCUT2D eigenvalue weighted by Gasteiger charge is 2.63. The topological polar surface area (TPSA) is 972 Å². The Balaban J connectivity index is 0.987. The molecular formula is C78H128N6O57. The van der Waals surface area contributed by atoms with E-state index >= 15 is 0 Å². The Morgan fingerprint density at radius 2 is 0.454 bits per heavy atom. The highest BCUT2D eigenvalue weighted by molar-refractivity contribution is 5.76. The first-order valence-electron chi connectivity index (χ1n) is 44.6. The van der Waals surface area contributed by atoms with Crippen molar-refractivity contribution >= 4 is 41.4 Å². The number of carboxylic acid groups (broad SMARTS) is 1. The van der Waals surface area contributed by atoms with Crippen LogP contribution in [0.5, 0.6) is 0 Å². The molecule has 0 aromatic rings. The zero-order valence-corrected chi connectivity index (χ0v) is 75.7. The molecule has 11 aliphatic heterocycles. The van der Waals surface area contributed by atoms with E-state index in [0.29, 0.717) is 0 Å². The minimum absolute atomic E-state index is 0.838. The standard InChI is InChI=1S/C78H128N6O57/c1-17(93)79-33-48(108)58(27(11-89)123-68(33)120)133-72-37(83-21(5)97)49(109)60(28(12-90)128-72)136-76-57(117)63(138-78-66(141-71-36(82-20(4)96)47(107)41(101)25(9-87)126-71)55(115)61(30(14-92)130-78)134-70-35(81-19(3)95)46(106)40(100)24(8-86)125-70)44(104)32(131-76)16-122-77-65(52(112)42(102)31(132-77)15-121-69-34(80-18(2)94)45(105)39(99)23(7-85)124-69)140-73-38(84-22(6)98)50(110)59(29(13-91)129-73)135-75-56(116)62(43(103)26(10-88)127-75)137-74-54(114)51(111)53(113)64(139-74)67(118)119/h23-66,68-78,85-92,99-117,120H,7-16H2,1-6H3,(H,79,93)(H,80,94)(H,81,95)(H,82,96)(H,83,97)(H,84,98)(H,118,119)/t23-,24-,25-,26-,27-,28-,29-,30-,31-,32-,33-,34-,35-,36+,37-,38-,39-,40-,41-,42-,43+,44-,45-,46-,47-,48-,49-,50-,51+,52+,53+,54-,55+,56-,57+,58-,59-,60-,61-,62+,63+,64+,65+,66+,68-,69-,70+,71+,72+,73+,74-,75+,76+,77+,78-/m1/s1. The first-order chi connectivity index (χ1) is 66.6. The van der Waals surface area contributed by atoms with Crippen LogP contribution in [-0.2, 0) is 133 Å². The fraction of sp³-hybridized carbons (Fsp3) is 0.910. The number of nitrogens with one attached hydrogen (secondary N) is 6. The molecule has 63 nitrogen and oxygen atoms in total. The Morgan fingerprint density at radius 1 is 0.206 bits per heavy atom. The predicted octanol–water partition coefficient (Wildman–Crippen LogP) is -24.0. The highest BCUT2D eigenvalue weighted by Crippen LogP contribution is 2.42. The average Bonchev–Trinajstić information content (AvgIpc) is 0.763. The molecule has 0 aromatic carbocycles. The van der Waals surface area contributed by atoms with Crippen molar-refractivity contribution in [3.8, 4) is 0 Å². The number of rotatable bonds is 37. The summed E-state index contributed by atoms with van der Waals surface area (Å²) in [6, 6.07) is -11.5. The first-order valence-corrected chi connectivity index (χ1v) is 44.6. The van der Waals surface area contributed by atoms with E-state index in [2.05, 4.69) is 31.9 Å². The normalized spacial score (nSPS) is 47.8. The van der Waals surface area contributed by atoms with Crippen LogP contribution in [0.1, 0.15) is 41.5 Å². The maximum atomic E-state index is 13.4. The Hall–Kier alpha value is -5.67. The van der Waals surface area contributed by atoms with Crippen molar-refractivity contribution in [2.24, 2.45) is 0 Å². The Kier molecular flexibility index (Phi) is 41.5. The number of aliphatic hydroxyl groups is 28. The number of carbonyl (C=O) groups excluding carboxylic acids is 6. The fourth-order valence-corrected chi connectivity index (χ4v) is 18.1. The Bertz CT molecular complexity index is 4010. The van der Waals surface area contributed by atoms with Gasteiger partial charge in [0.25, 0.3) is 0 Å². The molecule has 35 N–H and O–H groups in total. The van der Waals surface area contributed by atoms with Crippen LogP contribution in [0.2, 0.25) is 0 Å². The molecule has 11 aliphatic rings. The van der Waals surface area contributed by atoms with Gasteiger partial charge in [-0.3, -0.25) is 28.8 Å². The van der Waals surface area contributed by atoms with E-state index < -0.39 is 445 Å². The van der Waals surface area contributed by atoms with Crippen LogP contribution in [0.4, 0.5) is 0 Å². The van der Waals surface area contributed by atoms with Crippen molar-refractivity contribution in [2.45, 2.75) is 379 Å². The summed E-state index contributed by atoms with van der Waals surface area (Å²) < 4.78 is 126. The van der Waals surface area contributed by atoms with Crippen LogP contribution in [-0.4, -0.2) is 593 Å². The van der Waals surface area contributed by atoms with E-state index in [1.807, 2.05) is 0 Å². The summed E-state index contributed by atoms with van der Waals surface area (Å²) in [6.07, 6.45) is -109. The smallest absolute Gasteiger partial charge is 0.335 e. The molecule has 63 heteroatoms. The second kappa shape index (κ2) is 50.6. The van der Waals surface area contributed by atoms with E-state index in [4.69, 9.17) is 99.5 Å². The van der Waals surface area contributed by atoms with Gasteiger partial charge in [0.1, 0.15) is 262 Å². The van der Waals surface area contributed by atoms with Crippen molar-refractivity contribution in [3.05, 3.63) is 0 Å². The molecule has 6 amide bonds. The highest BCUT2D eigenvalue weighted by atomic mass is 16.8. The SMILES string of the molecule is CC(=O)N[C@@H]1[C@H](O[C@@H]2[C@@H](O[C@@H]3[C@H](O)[C@H](O[C@H]4[C@H](O)[C@@H](NC(C)=O)[C@H](O[C@H]5[C@H](O)[C@@H](NC(C)=O)[C@H](O)O[C@@H]5CO)O[C@@H]4CO)O[C@H](CO[C@H]4O[C@H](CO[C@@H]5O[C@H](CO)[C@@H](O)[C@H](O)[C@H]5NC(C)=O)[C@@H](O)[C@H](O)[C@@H]4O[C@@H]4O[C@H](CO)[C@@H](O[C@@H]5O[C@H](CO)[C@H](O)[C@H](O[C@@H]6O[C@H](C(=O)O)[C@@H](O)[C@H](O)[C@H]6O)[C@H]5O)[C@H](O)[C@H]4NC(C)=O)[C@H]3O)O[C@H](CO)[C@@H](O[C@@H]3O[C@H](CO)[C@@H](O)[C@H](O)[C@H]3NC(C)=O)[C@@H]2O)O[C@H](CO)[C@@H](O)[C@@H]1O. The van der Waals surface area contributed by atoms with Gasteiger partial charge in [-0.25, -0.2) is 4.79 Å². The van der Waals surface area contributed by atoms with Crippen molar-refractivity contribution in [1.29, 1.82) is 0 Å². The van der Waals surface area contributed by atoms with E-state index in [-0.39, 0.29) is 0 Å². The van der Waals surface area contributed by atoms with Crippen molar-refractivity contribution in [3.63, 3.8) is 0 Å². The molecule has 11 rings (SSSR count). The largest absolute Gasteiger partial charge is 0.479 e. The van der Waals surface area contributed by atoms with Gasteiger partial charge >= 0.3 is 5.97 Å². The molecule has 812 valence electrons. The lowest BCUT2D eigenvalue weighted by Gasteiger charge is -2.52. The molecule has 0 radical (unpaired) electrons. The molecular weight excluding hydrogens is 1930 g/mol. The molecule has 11 heterocycles. The minimum Gasteiger partial charge on any atom is -0.479 e. The summed E-state index contributed by atoms with van der Waals surface area (Å²) >= 11 is 0. The van der Waals surface area contributed by atoms with Gasteiger partial charge in [-0.2, -0.15) is 0 Å². The van der Waals surface area contributed by atoms with Crippen LogP contribution in [0.15, 0.2) is 0 Å². The molecule has 0 aromatic heterocycles. The fourth-order valence-electron chi connectivity index (χ4n) is 18.1. The molecule has 141 heavy (non-hydrogen) atoms. The Morgan fingerprint density at radius 3 is 0.844 bits per heavy atom. The van der Waals surface area contributed by atoms with E-state index in [9.17, 15) is 182 Å². The molecule has 0 bridgehead atoms. The third-order valence-corrected chi connectivity index (χ3v) is 25.3. The number of hydrogen-bond acceptors (Lipinski definition) is 56. The van der Waals surface area contributed by atoms with Gasteiger partial charge in [0, 0.05) is 41.5 Å². The van der Waals surface area contributed by atoms with E-state index in [1.54, 1.807) is 0 Å². The minimum atomic E-state index is -2.75. The first kappa shape index (κ1) is 116. The number of carbonyl (C=O) groups is 7. The quantitative estimate of drug-likeness (QED) is 0.0275. The molecule has 55 atom stereocenters. The second-order valence-corrected chi connectivity index (χ2v) is 35.3. The predicted molar refractivity (Wildman–Crippen MR) is 432 cm³/mol. The zero-order valence-electron chi connectivity index (χ0n) is 75.7. The van der Waals surface area contributed by atoms with Crippen LogP contribution >= 0.6 is 0 Å². The summed E-state index contributed by atoms with van der Waals surface area (Å²) in [5, 5.41) is 343. The van der Waals surface area contributed by atoms with Gasteiger partial charge < -0.3 is 279 Å². The maximum absolute atomic E-state index is 13.4. The molecule has 0 spiro atoms. The summed E-state index contributed by atoms with van der Waals surface area (Å²) in [5.74, 6) is -7.61. The zero-order chi connectivity index (χ0) is 104. The summed E-state index contributed by atoms with van der Waals surface area (Å²) in [4.78, 5) is 89.3. The van der Waals surface area contributed by atoms with Crippen molar-refractivity contribution in [1.82, 2.24) is 31.9 Å². The van der Waals surface area contributed by atoms with Crippen LogP contribution in [0.25, 0.3) is 0 Å². The number of amides is 6. The average molecular weight is 2060 g/mol. The lowest BCUT2D eigenvalue weighted by molar-refractivity contribution is -0.403. The molecule has 0 saturated carbocycles. The second-order valence-electron chi connectivity index (χ2n) is 35.3. The van der Waals surface area contributed by atoms with Gasteiger partial charge in [-0.15, -0.1) is 0 Å². The van der Waals surface area contributed by atoms with Gasteiger partial charge in [0.2, 0.25) is 35.4 Å². The number of hydrogen-bond donors (Lipinski definition) is 35. The van der Waals surface area contributed by atoms with Gasteiger partial charge in [0.05, 0.1) is 66.1 Å². The molecule has 11 fully saturated rings. The summed E-state index contributed by atoms with van der Waals surface area (Å²) in [6.45, 7) is -6.43. The number of ether oxygens (including phenoxy) is 21.